The highest BCUT2D eigenvalue weighted by molar-refractivity contribution is 6.42. The average Bonchev–Trinajstić information content (AvgIpc) is 2.99. The normalized spacial score (nSPS) is 15.2. The largest absolute Gasteiger partial charge is 0.493 e. The van der Waals surface area contributed by atoms with Crippen molar-refractivity contribution >= 4 is 46.6 Å². The minimum atomic E-state index is -0.234. The van der Waals surface area contributed by atoms with Crippen molar-refractivity contribution in [3.8, 4) is 11.5 Å². The fraction of sp³-hybridized carbons (Fsp3) is 0.304. The number of carbonyl (C=O) groups excluding carboxylic acids is 1. The molecule has 2 aromatic rings. The van der Waals surface area contributed by atoms with Crippen LogP contribution in [0, 0.1) is 5.92 Å². The number of rotatable bonds is 7. The minimum Gasteiger partial charge on any atom is -0.493 e. The van der Waals surface area contributed by atoms with Crippen LogP contribution in [0.5, 0.6) is 11.5 Å². The van der Waals surface area contributed by atoms with E-state index in [1.54, 1.807) is 38.3 Å². The number of amides is 1. The van der Waals surface area contributed by atoms with E-state index in [1.165, 1.54) is 5.01 Å². The highest BCUT2D eigenvalue weighted by atomic mass is 35.5. The Labute approximate surface area is 186 Å². The van der Waals surface area contributed by atoms with Gasteiger partial charge in [0, 0.05) is 0 Å². The summed E-state index contributed by atoms with van der Waals surface area (Å²) < 4.78 is 11.3. The summed E-state index contributed by atoms with van der Waals surface area (Å²) in [7, 11) is 1.60. The molecule has 0 unspecified atom stereocenters. The summed E-state index contributed by atoms with van der Waals surface area (Å²) in [4.78, 5) is 13.0. The molecule has 158 valence electrons. The van der Waals surface area contributed by atoms with Gasteiger partial charge in [0.1, 0.15) is 0 Å². The number of carbonyl (C=O) groups is 1. The van der Waals surface area contributed by atoms with Crippen molar-refractivity contribution in [3.63, 3.8) is 0 Å². The van der Waals surface area contributed by atoms with Crippen molar-refractivity contribution in [2.75, 3.05) is 18.7 Å². The van der Waals surface area contributed by atoms with E-state index < -0.39 is 0 Å². The van der Waals surface area contributed by atoms with Crippen LogP contribution in [0.4, 0.5) is 5.69 Å². The summed E-state index contributed by atoms with van der Waals surface area (Å²) in [6.07, 6.45) is 2.75. The average molecular weight is 447 g/mol. The van der Waals surface area contributed by atoms with E-state index in [1.807, 2.05) is 18.2 Å². The van der Waals surface area contributed by atoms with Gasteiger partial charge in [-0.25, -0.2) is 0 Å². The van der Waals surface area contributed by atoms with Gasteiger partial charge in [-0.1, -0.05) is 43.1 Å². The molecule has 1 heterocycles. The molecule has 0 spiro atoms. The highest BCUT2D eigenvalue weighted by Crippen LogP contribution is 2.32. The zero-order valence-corrected chi connectivity index (χ0v) is 18.9. The predicted molar refractivity (Wildman–Crippen MR) is 123 cm³/mol. The number of anilines is 1. The van der Waals surface area contributed by atoms with Gasteiger partial charge in [-0.05, 0) is 61.2 Å². The fourth-order valence-corrected chi connectivity index (χ4v) is 3.23. The Balaban J connectivity index is 1.83. The second-order valence-electron chi connectivity index (χ2n) is 7.40. The number of methoxy groups -OCH3 is 1. The van der Waals surface area contributed by atoms with Crippen molar-refractivity contribution in [3.05, 3.63) is 57.6 Å². The maximum absolute atomic E-state index is 13.0. The first-order valence-corrected chi connectivity index (χ1v) is 10.4. The van der Waals surface area contributed by atoms with Crippen molar-refractivity contribution in [1.29, 1.82) is 0 Å². The van der Waals surface area contributed by atoms with Gasteiger partial charge in [0.05, 0.1) is 40.7 Å². The van der Waals surface area contributed by atoms with E-state index in [0.717, 1.165) is 12.0 Å². The molecule has 7 heteroatoms. The van der Waals surface area contributed by atoms with Gasteiger partial charge in [0.25, 0.3) is 5.91 Å². The van der Waals surface area contributed by atoms with Gasteiger partial charge >= 0.3 is 0 Å². The Morgan fingerprint density at radius 2 is 1.87 bits per heavy atom. The van der Waals surface area contributed by atoms with E-state index in [0.29, 0.717) is 51.0 Å². The lowest BCUT2D eigenvalue weighted by Crippen LogP contribution is -2.21. The van der Waals surface area contributed by atoms with Gasteiger partial charge in [0.15, 0.2) is 11.5 Å². The molecule has 3 rings (SSSR count). The van der Waals surface area contributed by atoms with E-state index in [2.05, 4.69) is 18.9 Å². The Bertz CT molecular complexity index is 1020. The molecule has 30 heavy (non-hydrogen) atoms. The maximum atomic E-state index is 13.0. The van der Waals surface area contributed by atoms with Gasteiger partial charge in [-0.2, -0.15) is 10.1 Å². The topological polar surface area (TPSA) is 51.1 Å². The lowest BCUT2D eigenvalue weighted by atomic mass is 10.1. The van der Waals surface area contributed by atoms with Crippen molar-refractivity contribution in [2.45, 2.75) is 27.2 Å². The molecule has 0 aromatic heterocycles. The minimum absolute atomic E-state index is 0.234. The summed E-state index contributed by atoms with van der Waals surface area (Å²) in [5.74, 6) is 1.63. The van der Waals surface area contributed by atoms with Gasteiger partial charge < -0.3 is 9.47 Å². The third-order valence-electron chi connectivity index (χ3n) is 4.66. The van der Waals surface area contributed by atoms with Crippen LogP contribution in [-0.2, 0) is 4.79 Å². The van der Waals surface area contributed by atoms with Crippen LogP contribution >= 0.6 is 23.2 Å². The van der Waals surface area contributed by atoms with Crippen LogP contribution in [0.1, 0.15) is 32.8 Å². The molecule has 0 fully saturated rings. The Morgan fingerprint density at radius 3 is 2.53 bits per heavy atom. The number of hydrogen-bond acceptors (Lipinski definition) is 4. The molecule has 5 nitrogen and oxygen atoms in total. The third-order valence-corrected chi connectivity index (χ3v) is 5.40. The Morgan fingerprint density at radius 1 is 1.10 bits per heavy atom. The molecular weight excluding hydrogens is 423 g/mol. The zero-order chi connectivity index (χ0) is 21.8. The van der Waals surface area contributed by atoms with Crippen LogP contribution in [0.2, 0.25) is 10.0 Å². The van der Waals surface area contributed by atoms with E-state index in [9.17, 15) is 4.79 Å². The summed E-state index contributed by atoms with van der Waals surface area (Å²) in [5, 5.41) is 6.49. The first-order chi connectivity index (χ1) is 14.3. The number of nitrogens with zero attached hydrogens (tertiary/aromatic N) is 2. The Kier molecular flexibility index (Phi) is 7.06. The summed E-state index contributed by atoms with van der Waals surface area (Å²) in [6.45, 7) is 6.72. The lowest BCUT2D eigenvalue weighted by Gasteiger charge is -2.13. The molecular formula is C23H24Cl2N2O3. The monoisotopic (exact) mass is 446 g/mol. The number of hydrazone groups is 1. The standard InChI is InChI=1S/C23H24Cl2N2O3/c1-14(2)9-10-30-21-8-5-16(12-22(21)29-4)11-18-15(3)26-27(23(18)28)17-6-7-19(24)20(25)13-17/h5-8,11-14H,9-10H2,1-4H3. The van der Waals surface area contributed by atoms with Gasteiger partial charge in [-0.15, -0.1) is 0 Å². The highest BCUT2D eigenvalue weighted by Gasteiger charge is 2.29. The van der Waals surface area contributed by atoms with Crippen molar-refractivity contribution in [1.82, 2.24) is 0 Å². The van der Waals surface area contributed by atoms with Crippen LogP contribution in [-0.4, -0.2) is 25.3 Å². The van der Waals surface area contributed by atoms with Crippen molar-refractivity contribution in [2.24, 2.45) is 11.0 Å². The number of ether oxygens (including phenoxy) is 2. The van der Waals surface area contributed by atoms with Crippen LogP contribution in [0.25, 0.3) is 6.08 Å². The Hall–Kier alpha value is -2.50. The van der Waals surface area contributed by atoms with E-state index in [4.69, 9.17) is 32.7 Å². The lowest BCUT2D eigenvalue weighted by molar-refractivity contribution is -0.114. The van der Waals surface area contributed by atoms with Crippen LogP contribution in [0.3, 0.4) is 0 Å². The molecule has 0 radical (unpaired) electrons. The predicted octanol–water partition coefficient (Wildman–Crippen LogP) is 6.23. The molecule has 0 bridgehead atoms. The molecule has 1 amide bonds. The summed E-state index contributed by atoms with van der Waals surface area (Å²) in [5.41, 5.74) is 2.49. The number of hydrogen-bond donors (Lipinski definition) is 0. The molecule has 0 saturated carbocycles. The summed E-state index contributed by atoms with van der Waals surface area (Å²) >= 11 is 12.1. The molecule has 2 aromatic carbocycles. The van der Waals surface area contributed by atoms with E-state index >= 15 is 0 Å². The maximum Gasteiger partial charge on any atom is 0.280 e. The number of halogens is 2. The quantitative estimate of drug-likeness (QED) is 0.473. The second-order valence-corrected chi connectivity index (χ2v) is 8.21. The van der Waals surface area contributed by atoms with Crippen molar-refractivity contribution < 1.29 is 14.3 Å². The molecule has 0 atom stereocenters. The molecule has 0 N–H and O–H groups in total. The second kappa shape index (κ2) is 9.54. The zero-order valence-electron chi connectivity index (χ0n) is 17.4. The van der Waals surface area contributed by atoms with Gasteiger partial charge in [-0.3, -0.25) is 4.79 Å². The van der Waals surface area contributed by atoms with Crippen LogP contribution < -0.4 is 14.5 Å². The fourth-order valence-electron chi connectivity index (χ4n) is 2.94. The first-order valence-electron chi connectivity index (χ1n) is 9.67. The smallest absolute Gasteiger partial charge is 0.280 e. The molecule has 1 aliphatic heterocycles. The molecule has 0 saturated heterocycles. The number of benzene rings is 2. The molecule has 0 aliphatic carbocycles. The third kappa shape index (κ3) is 4.97. The van der Waals surface area contributed by atoms with Gasteiger partial charge in [0.2, 0.25) is 0 Å². The SMILES string of the molecule is COc1cc(C=C2C(=O)N(c3ccc(Cl)c(Cl)c3)N=C2C)ccc1OCCC(C)C. The van der Waals surface area contributed by atoms with E-state index in [-0.39, 0.29) is 5.91 Å². The van der Waals surface area contributed by atoms with Crippen LogP contribution in [0.15, 0.2) is 47.1 Å². The first kappa shape index (κ1) is 22.2. The summed E-state index contributed by atoms with van der Waals surface area (Å²) in [6, 6.07) is 10.6. The molecule has 1 aliphatic rings.